The van der Waals surface area contributed by atoms with Gasteiger partial charge in [0.15, 0.2) is 0 Å². The molecule has 0 radical (unpaired) electrons. The van der Waals surface area contributed by atoms with E-state index in [4.69, 9.17) is 28.3 Å². The van der Waals surface area contributed by atoms with Gasteiger partial charge in [0.25, 0.3) is 0 Å². The van der Waals surface area contributed by atoms with Crippen LogP contribution in [0.2, 0.25) is 10.0 Å². The van der Waals surface area contributed by atoms with Gasteiger partial charge >= 0.3 is 0 Å². The molecule has 3 aromatic rings. The van der Waals surface area contributed by atoms with Crippen LogP contribution in [0.3, 0.4) is 0 Å². The van der Waals surface area contributed by atoms with Crippen molar-refractivity contribution < 1.29 is 0 Å². The van der Waals surface area contributed by atoms with Crippen LogP contribution >= 0.6 is 23.2 Å². The molecule has 0 unspecified atom stereocenters. The molecule has 0 bridgehead atoms. The van der Waals surface area contributed by atoms with Crippen molar-refractivity contribution in [3.63, 3.8) is 0 Å². The van der Waals surface area contributed by atoms with Gasteiger partial charge in [0.05, 0.1) is 17.9 Å². The Morgan fingerprint density at radius 2 is 1.70 bits per heavy atom. The Bertz CT molecular complexity index is 1210. The molecule has 2 heterocycles. The van der Waals surface area contributed by atoms with Crippen LogP contribution in [0.1, 0.15) is 69.2 Å². The summed E-state index contributed by atoms with van der Waals surface area (Å²) in [5.41, 5.74) is 3.24. The van der Waals surface area contributed by atoms with Crippen molar-refractivity contribution in [2.24, 2.45) is 0 Å². The Labute approximate surface area is 231 Å². The highest BCUT2D eigenvalue weighted by Crippen LogP contribution is 2.27. The average Bonchev–Trinajstić information content (AvgIpc) is 3.23. The summed E-state index contributed by atoms with van der Waals surface area (Å²) in [7, 11) is 4.01. The topological polar surface area (TPSA) is 70.9 Å². The molecule has 2 aromatic heterocycles. The first kappa shape index (κ1) is 27.7. The highest BCUT2D eigenvalue weighted by atomic mass is 35.5. The minimum Gasteiger partial charge on any atom is -0.367 e. The van der Waals surface area contributed by atoms with Gasteiger partial charge in [-0.2, -0.15) is 5.10 Å². The van der Waals surface area contributed by atoms with Gasteiger partial charge < -0.3 is 15.5 Å². The third-order valence-corrected chi connectivity index (χ3v) is 7.49. The number of nitrogens with zero attached hydrogens (tertiary/aromatic N) is 5. The zero-order valence-electron chi connectivity index (χ0n) is 22.8. The van der Waals surface area contributed by atoms with Gasteiger partial charge in [0.2, 0.25) is 0 Å². The van der Waals surface area contributed by atoms with Crippen molar-refractivity contribution >= 4 is 34.8 Å². The largest absolute Gasteiger partial charge is 0.367 e. The number of anilines is 2. The lowest BCUT2D eigenvalue weighted by molar-refractivity contribution is 0.349. The third kappa shape index (κ3) is 7.37. The summed E-state index contributed by atoms with van der Waals surface area (Å²) >= 11 is 12.6. The number of rotatable bonds is 8. The molecule has 1 aliphatic rings. The van der Waals surface area contributed by atoms with Crippen LogP contribution in [0.15, 0.2) is 30.3 Å². The van der Waals surface area contributed by atoms with E-state index in [0.29, 0.717) is 28.7 Å². The van der Waals surface area contributed by atoms with Gasteiger partial charge in [-0.1, -0.05) is 50.0 Å². The Balaban J connectivity index is 1.37. The van der Waals surface area contributed by atoms with Crippen molar-refractivity contribution in [1.29, 1.82) is 0 Å². The predicted molar refractivity (Wildman–Crippen MR) is 154 cm³/mol. The number of nitrogens with one attached hydrogen (secondary N) is 2. The Hall–Kier alpha value is -2.35. The molecular weight excluding hydrogens is 505 g/mol. The lowest BCUT2D eigenvalue weighted by Crippen LogP contribution is -2.37. The smallest absolute Gasteiger partial charge is 0.133 e. The predicted octanol–water partition coefficient (Wildman–Crippen LogP) is 6.21. The molecule has 2 N–H and O–H groups in total. The molecule has 0 amide bonds. The number of halogens is 2. The van der Waals surface area contributed by atoms with Crippen LogP contribution in [0, 0.1) is 6.92 Å². The summed E-state index contributed by atoms with van der Waals surface area (Å²) in [6.45, 7) is 9.92. The Kier molecular flexibility index (Phi) is 8.66. The fourth-order valence-corrected chi connectivity index (χ4v) is 5.14. The molecule has 1 aliphatic carbocycles. The Morgan fingerprint density at radius 3 is 2.35 bits per heavy atom. The fourth-order valence-electron chi connectivity index (χ4n) is 4.67. The van der Waals surface area contributed by atoms with Gasteiger partial charge in [0, 0.05) is 54.3 Å². The fraction of sp³-hybridized carbons (Fsp3) is 0.536. The molecule has 9 heteroatoms. The zero-order chi connectivity index (χ0) is 26.7. The molecule has 1 aromatic carbocycles. The molecule has 4 rings (SSSR count). The van der Waals surface area contributed by atoms with Crippen LogP contribution in [-0.4, -0.2) is 45.9 Å². The van der Waals surface area contributed by atoms with E-state index in [1.54, 1.807) is 6.07 Å². The SMILES string of the molecule is Cc1nc(NC2CCC(NCc3cc(C(C)(C)C)nn3Cc3ccc(Cl)cc3Cl)CC2)cc(N(C)C)n1. The van der Waals surface area contributed by atoms with Crippen molar-refractivity contribution in [2.45, 2.75) is 84.0 Å². The summed E-state index contributed by atoms with van der Waals surface area (Å²) in [4.78, 5) is 11.1. The Morgan fingerprint density at radius 1 is 1.00 bits per heavy atom. The monoisotopic (exact) mass is 543 g/mol. The van der Waals surface area contributed by atoms with E-state index >= 15 is 0 Å². The zero-order valence-corrected chi connectivity index (χ0v) is 24.3. The van der Waals surface area contributed by atoms with Gasteiger partial charge in [0.1, 0.15) is 17.5 Å². The summed E-state index contributed by atoms with van der Waals surface area (Å²) in [6.07, 6.45) is 4.44. The van der Waals surface area contributed by atoms with Gasteiger partial charge in [-0.15, -0.1) is 0 Å². The summed E-state index contributed by atoms with van der Waals surface area (Å²) in [6, 6.07) is 10.8. The van der Waals surface area contributed by atoms with Gasteiger partial charge in [-0.05, 0) is 56.4 Å². The van der Waals surface area contributed by atoms with E-state index in [1.807, 2.05) is 44.1 Å². The minimum atomic E-state index is -0.0285. The molecule has 7 nitrogen and oxygen atoms in total. The van der Waals surface area contributed by atoms with E-state index in [2.05, 4.69) is 52.1 Å². The molecule has 1 saturated carbocycles. The van der Waals surface area contributed by atoms with Gasteiger partial charge in [-0.3, -0.25) is 4.68 Å². The second-order valence-electron chi connectivity index (χ2n) is 11.3. The van der Waals surface area contributed by atoms with Crippen LogP contribution in [0.4, 0.5) is 11.6 Å². The molecule has 200 valence electrons. The summed E-state index contributed by atoms with van der Waals surface area (Å²) in [5, 5.41) is 13.7. The van der Waals surface area contributed by atoms with Crippen LogP contribution in [0.25, 0.3) is 0 Å². The maximum Gasteiger partial charge on any atom is 0.133 e. The first-order chi connectivity index (χ1) is 17.5. The van der Waals surface area contributed by atoms with Crippen molar-refractivity contribution in [2.75, 3.05) is 24.3 Å². The molecule has 1 fully saturated rings. The molecule has 0 aliphatic heterocycles. The van der Waals surface area contributed by atoms with Crippen molar-refractivity contribution in [3.8, 4) is 0 Å². The van der Waals surface area contributed by atoms with E-state index in [9.17, 15) is 0 Å². The highest BCUT2D eigenvalue weighted by molar-refractivity contribution is 6.35. The van der Waals surface area contributed by atoms with E-state index in [-0.39, 0.29) is 5.41 Å². The number of benzene rings is 1. The molecule has 37 heavy (non-hydrogen) atoms. The molecular formula is C28H39Cl2N7. The third-order valence-electron chi connectivity index (χ3n) is 6.90. The normalized spacial score (nSPS) is 18.2. The number of hydrogen-bond donors (Lipinski definition) is 2. The van der Waals surface area contributed by atoms with Gasteiger partial charge in [-0.25, -0.2) is 9.97 Å². The maximum absolute atomic E-state index is 6.47. The standard InChI is InChI=1S/C28H39Cl2N7/c1-18-32-26(15-27(33-18)36(5)6)34-22-11-9-21(10-12-22)31-16-23-14-25(28(2,3)4)35-37(23)17-19-7-8-20(29)13-24(19)30/h7-8,13-15,21-22,31H,9-12,16-17H2,1-6H3,(H,32,33,34). The van der Waals surface area contributed by atoms with Crippen LogP contribution in [-0.2, 0) is 18.5 Å². The summed E-state index contributed by atoms with van der Waals surface area (Å²) < 4.78 is 2.08. The van der Waals surface area contributed by atoms with Crippen molar-refractivity contribution in [3.05, 3.63) is 63.2 Å². The first-order valence-corrected chi connectivity index (χ1v) is 13.8. The second-order valence-corrected chi connectivity index (χ2v) is 12.1. The van der Waals surface area contributed by atoms with E-state index < -0.39 is 0 Å². The van der Waals surface area contributed by atoms with Crippen LogP contribution < -0.4 is 15.5 Å². The summed E-state index contributed by atoms with van der Waals surface area (Å²) in [5.74, 6) is 2.62. The molecule has 0 atom stereocenters. The molecule has 0 saturated heterocycles. The quantitative estimate of drug-likeness (QED) is 0.351. The lowest BCUT2D eigenvalue weighted by atomic mass is 9.91. The van der Waals surface area contributed by atoms with Crippen molar-refractivity contribution in [1.82, 2.24) is 25.1 Å². The maximum atomic E-state index is 6.47. The number of aromatic nitrogens is 4. The number of hydrogen-bond acceptors (Lipinski definition) is 6. The minimum absolute atomic E-state index is 0.0285. The average molecular weight is 545 g/mol. The molecule has 0 spiro atoms. The van der Waals surface area contributed by atoms with Crippen LogP contribution in [0.5, 0.6) is 0 Å². The van der Waals surface area contributed by atoms with E-state index in [0.717, 1.165) is 60.9 Å². The first-order valence-electron chi connectivity index (χ1n) is 13.0. The van der Waals surface area contributed by atoms with E-state index in [1.165, 1.54) is 5.69 Å². The second kappa shape index (κ2) is 11.6. The number of aryl methyl sites for hydroxylation is 1. The highest BCUT2D eigenvalue weighted by Gasteiger charge is 2.24. The lowest BCUT2D eigenvalue weighted by Gasteiger charge is -2.30.